The average Bonchev–Trinajstić information content (AvgIpc) is 2.89. The van der Waals surface area contributed by atoms with Crippen LogP contribution in [0.1, 0.15) is 62.7 Å². The number of tetrazole rings is 1. The second-order valence-electron chi connectivity index (χ2n) is 5.09. The Bertz CT molecular complexity index is 418. The van der Waals surface area contributed by atoms with Gasteiger partial charge in [-0.2, -0.15) is 12.6 Å². The van der Waals surface area contributed by atoms with Crippen LogP contribution >= 0.6 is 12.6 Å². The van der Waals surface area contributed by atoms with E-state index in [2.05, 4.69) is 28.2 Å². The standard InChI is InChI=1S/C12H20N4O2S/c17-11(18)7-6-9(8-19)12-13-14-15-16(12)10-4-2-1-3-5-10/h9-10,19H,1-8H2,(H,17,18). The molecule has 1 unspecified atom stereocenters. The molecule has 1 aromatic heterocycles. The van der Waals surface area contributed by atoms with Gasteiger partial charge in [0.15, 0.2) is 5.82 Å². The van der Waals surface area contributed by atoms with Gasteiger partial charge in [0.05, 0.1) is 6.04 Å². The van der Waals surface area contributed by atoms with Gasteiger partial charge in [-0.1, -0.05) is 19.3 Å². The summed E-state index contributed by atoms with van der Waals surface area (Å²) in [6.07, 6.45) is 6.58. The lowest BCUT2D eigenvalue weighted by molar-refractivity contribution is -0.137. The highest BCUT2D eigenvalue weighted by molar-refractivity contribution is 7.80. The van der Waals surface area contributed by atoms with E-state index in [4.69, 9.17) is 5.11 Å². The van der Waals surface area contributed by atoms with Gasteiger partial charge in [0.1, 0.15) is 0 Å². The summed E-state index contributed by atoms with van der Waals surface area (Å²) in [7, 11) is 0. The molecule has 1 aliphatic carbocycles. The van der Waals surface area contributed by atoms with Gasteiger partial charge in [-0.3, -0.25) is 4.79 Å². The maximum Gasteiger partial charge on any atom is 0.303 e. The Morgan fingerprint density at radius 2 is 2.16 bits per heavy atom. The van der Waals surface area contributed by atoms with Crippen molar-refractivity contribution in [3.63, 3.8) is 0 Å². The normalized spacial score (nSPS) is 18.4. The van der Waals surface area contributed by atoms with Gasteiger partial charge in [-0.05, 0) is 29.7 Å². The van der Waals surface area contributed by atoms with Gasteiger partial charge in [0, 0.05) is 18.1 Å². The van der Waals surface area contributed by atoms with Crippen LogP contribution in [-0.4, -0.2) is 37.0 Å². The van der Waals surface area contributed by atoms with E-state index in [0.717, 1.165) is 18.7 Å². The second-order valence-corrected chi connectivity index (χ2v) is 5.45. The predicted molar refractivity (Wildman–Crippen MR) is 73.4 cm³/mol. The second kappa shape index (κ2) is 6.88. The van der Waals surface area contributed by atoms with E-state index >= 15 is 0 Å². The maximum atomic E-state index is 10.7. The Hall–Kier alpha value is -1.11. The van der Waals surface area contributed by atoms with E-state index in [9.17, 15) is 4.79 Å². The molecule has 1 heterocycles. The zero-order valence-electron chi connectivity index (χ0n) is 10.9. The molecule has 2 rings (SSSR count). The molecule has 1 aromatic rings. The minimum Gasteiger partial charge on any atom is -0.481 e. The third kappa shape index (κ3) is 3.68. The lowest BCUT2D eigenvalue weighted by Crippen LogP contribution is -2.20. The van der Waals surface area contributed by atoms with Gasteiger partial charge in [-0.25, -0.2) is 4.68 Å². The first-order chi connectivity index (χ1) is 9.22. The quantitative estimate of drug-likeness (QED) is 0.781. The Morgan fingerprint density at radius 1 is 1.42 bits per heavy atom. The number of aromatic nitrogens is 4. The smallest absolute Gasteiger partial charge is 0.303 e. The topological polar surface area (TPSA) is 80.9 Å². The number of hydrogen-bond acceptors (Lipinski definition) is 5. The lowest BCUT2D eigenvalue weighted by atomic mass is 9.95. The number of nitrogens with zero attached hydrogens (tertiary/aromatic N) is 4. The summed E-state index contributed by atoms with van der Waals surface area (Å²) in [6, 6.07) is 0.367. The zero-order valence-corrected chi connectivity index (χ0v) is 11.8. The molecule has 1 fully saturated rings. The average molecular weight is 284 g/mol. The molecular weight excluding hydrogens is 264 g/mol. The third-order valence-corrected chi connectivity index (χ3v) is 4.17. The van der Waals surface area contributed by atoms with Crippen molar-refractivity contribution in [2.24, 2.45) is 0 Å². The summed E-state index contributed by atoms with van der Waals surface area (Å²) in [4.78, 5) is 10.7. The Kier molecular flexibility index (Phi) is 5.18. The fourth-order valence-corrected chi connectivity index (χ4v) is 3.00. The van der Waals surface area contributed by atoms with Gasteiger partial charge in [0.2, 0.25) is 0 Å². The molecule has 0 aromatic carbocycles. The molecule has 19 heavy (non-hydrogen) atoms. The van der Waals surface area contributed by atoms with E-state index in [1.165, 1.54) is 19.3 Å². The van der Waals surface area contributed by atoms with E-state index < -0.39 is 5.97 Å². The largest absolute Gasteiger partial charge is 0.481 e. The minimum absolute atomic E-state index is 0.0105. The van der Waals surface area contributed by atoms with Gasteiger partial charge >= 0.3 is 5.97 Å². The van der Waals surface area contributed by atoms with Crippen molar-refractivity contribution in [2.45, 2.75) is 56.9 Å². The number of rotatable bonds is 6. The monoisotopic (exact) mass is 284 g/mol. The Morgan fingerprint density at radius 3 is 2.79 bits per heavy atom. The number of carboxylic acids is 1. The van der Waals surface area contributed by atoms with Crippen molar-refractivity contribution >= 4 is 18.6 Å². The number of aliphatic carboxylic acids is 1. The van der Waals surface area contributed by atoms with Gasteiger partial charge in [0.25, 0.3) is 0 Å². The molecule has 6 nitrogen and oxygen atoms in total. The van der Waals surface area contributed by atoms with Crippen molar-refractivity contribution < 1.29 is 9.90 Å². The molecule has 1 aliphatic rings. The van der Waals surface area contributed by atoms with E-state index in [0.29, 0.717) is 18.2 Å². The van der Waals surface area contributed by atoms with Crippen molar-refractivity contribution in [3.05, 3.63) is 5.82 Å². The van der Waals surface area contributed by atoms with Gasteiger partial charge < -0.3 is 5.11 Å². The van der Waals surface area contributed by atoms with Crippen LogP contribution in [0.3, 0.4) is 0 Å². The molecule has 0 spiro atoms. The van der Waals surface area contributed by atoms with Crippen molar-refractivity contribution in [1.82, 2.24) is 20.2 Å². The van der Waals surface area contributed by atoms with Crippen LogP contribution in [0.15, 0.2) is 0 Å². The molecule has 0 aliphatic heterocycles. The third-order valence-electron chi connectivity index (χ3n) is 3.73. The number of thiol groups is 1. The highest BCUT2D eigenvalue weighted by Crippen LogP contribution is 2.30. The van der Waals surface area contributed by atoms with Crippen LogP contribution in [-0.2, 0) is 4.79 Å². The highest BCUT2D eigenvalue weighted by atomic mass is 32.1. The summed E-state index contributed by atoms with van der Waals surface area (Å²) < 4.78 is 1.90. The first kappa shape index (κ1) is 14.3. The van der Waals surface area contributed by atoms with E-state index in [1.807, 2.05) is 4.68 Å². The van der Waals surface area contributed by atoms with Crippen LogP contribution in [0.2, 0.25) is 0 Å². The lowest BCUT2D eigenvalue weighted by Gasteiger charge is -2.24. The molecular formula is C12H20N4O2S. The van der Waals surface area contributed by atoms with Crippen molar-refractivity contribution in [3.8, 4) is 0 Å². The summed E-state index contributed by atoms with van der Waals surface area (Å²) >= 11 is 4.31. The predicted octanol–water partition coefficient (Wildman–Crippen LogP) is 2.06. The molecule has 1 saturated carbocycles. The first-order valence-electron chi connectivity index (χ1n) is 6.82. The maximum absolute atomic E-state index is 10.7. The van der Waals surface area contributed by atoms with Crippen LogP contribution in [0.5, 0.6) is 0 Å². The minimum atomic E-state index is -0.788. The van der Waals surface area contributed by atoms with Crippen molar-refractivity contribution in [2.75, 3.05) is 5.75 Å². The molecule has 106 valence electrons. The van der Waals surface area contributed by atoms with E-state index in [1.54, 1.807) is 0 Å². The van der Waals surface area contributed by atoms with Crippen LogP contribution in [0.4, 0.5) is 0 Å². The zero-order chi connectivity index (χ0) is 13.7. The van der Waals surface area contributed by atoms with Crippen LogP contribution in [0, 0.1) is 0 Å². The SMILES string of the molecule is O=C(O)CCC(CS)c1nnnn1C1CCCCC1. The van der Waals surface area contributed by atoms with Gasteiger partial charge in [-0.15, -0.1) is 5.10 Å². The van der Waals surface area contributed by atoms with E-state index in [-0.39, 0.29) is 12.3 Å². The van der Waals surface area contributed by atoms with Crippen molar-refractivity contribution in [1.29, 1.82) is 0 Å². The molecule has 0 radical (unpaired) electrons. The summed E-state index contributed by atoms with van der Waals surface area (Å²) in [5.41, 5.74) is 0. The molecule has 0 bridgehead atoms. The van der Waals surface area contributed by atoms with Crippen LogP contribution < -0.4 is 0 Å². The summed E-state index contributed by atoms with van der Waals surface area (Å²) in [5, 5.41) is 20.8. The Balaban J connectivity index is 2.09. The number of carboxylic acid groups (broad SMARTS) is 1. The summed E-state index contributed by atoms with van der Waals surface area (Å²) in [6.45, 7) is 0. The molecule has 0 amide bonds. The Labute approximate surface area is 118 Å². The number of hydrogen-bond donors (Lipinski definition) is 2. The first-order valence-corrected chi connectivity index (χ1v) is 7.46. The molecule has 1 N–H and O–H groups in total. The molecule has 1 atom stereocenters. The number of carbonyl (C=O) groups is 1. The molecule has 7 heteroatoms. The fourth-order valence-electron chi connectivity index (χ4n) is 2.65. The van der Waals surface area contributed by atoms with Crippen LogP contribution in [0.25, 0.3) is 0 Å². The summed E-state index contributed by atoms with van der Waals surface area (Å²) in [5.74, 6) is 0.586. The fraction of sp³-hybridized carbons (Fsp3) is 0.833. The molecule has 0 saturated heterocycles. The highest BCUT2D eigenvalue weighted by Gasteiger charge is 2.24.